The fourth-order valence-electron chi connectivity index (χ4n) is 2.86. The molecule has 0 bridgehead atoms. The molecule has 6 heteroatoms. The number of likely N-dealkylation sites (tertiary alicyclic amines) is 1. The molecule has 2 rings (SSSR count). The molecule has 0 aromatic carbocycles. The van der Waals surface area contributed by atoms with Crippen LogP contribution in [0.2, 0.25) is 0 Å². The van der Waals surface area contributed by atoms with Crippen LogP contribution >= 0.6 is 0 Å². The molecule has 1 fully saturated rings. The summed E-state index contributed by atoms with van der Waals surface area (Å²) in [6.45, 7) is 2.76. The lowest BCUT2D eigenvalue weighted by atomic mass is 9.83. The maximum Gasteiger partial charge on any atom is 0.311 e. The van der Waals surface area contributed by atoms with Gasteiger partial charge in [0, 0.05) is 18.8 Å². The number of aliphatic carboxylic acids is 1. The van der Waals surface area contributed by atoms with E-state index in [1.807, 2.05) is 6.92 Å². The van der Waals surface area contributed by atoms with Crippen LogP contribution < -0.4 is 5.73 Å². The van der Waals surface area contributed by atoms with Crippen LogP contribution in [-0.4, -0.2) is 40.0 Å². The van der Waals surface area contributed by atoms with Gasteiger partial charge in [0.15, 0.2) is 0 Å². The Morgan fingerprint density at radius 2 is 2.24 bits per heavy atom. The van der Waals surface area contributed by atoms with Crippen molar-refractivity contribution in [2.24, 2.45) is 5.41 Å². The number of pyridine rings is 1. The zero-order valence-corrected chi connectivity index (χ0v) is 12.2. The molecule has 1 atom stereocenters. The first-order chi connectivity index (χ1) is 9.97. The van der Waals surface area contributed by atoms with Crippen LogP contribution in [0.5, 0.6) is 0 Å². The first-order valence-electron chi connectivity index (χ1n) is 7.18. The zero-order valence-electron chi connectivity index (χ0n) is 12.2. The molecule has 3 N–H and O–H groups in total. The van der Waals surface area contributed by atoms with E-state index in [9.17, 15) is 14.7 Å². The van der Waals surface area contributed by atoms with Crippen LogP contribution in [0.1, 0.15) is 31.9 Å². The molecule has 0 spiro atoms. The summed E-state index contributed by atoms with van der Waals surface area (Å²) in [6, 6.07) is 3.43. The van der Waals surface area contributed by atoms with Crippen molar-refractivity contribution in [1.82, 2.24) is 9.88 Å². The molecule has 0 aliphatic carbocycles. The fourth-order valence-corrected chi connectivity index (χ4v) is 2.86. The Balaban J connectivity index is 2.01. The topological polar surface area (TPSA) is 96.5 Å². The summed E-state index contributed by atoms with van der Waals surface area (Å²) in [5.41, 5.74) is 5.99. The SMILES string of the molecule is CCCC1(C(=O)O)CCN(C(=O)Cc2ccc(N)cn2)C1. The Bertz CT molecular complexity index is 529. The number of carbonyl (C=O) groups is 2. The number of amides is 1. The van der Waals surface area contributed by atoms with E-state index < -0.39 is 11.4 Å². The lowest BCUT2D eigenvalue weighted by Crippen LogP contribution is -2.37. The van der Waals surface area contributed by atoms with Gasteiger partial charge in [0.1, 0.15) is 0 Å². The van der Waals surface area contributed by atoms with E-state index in [0.717, 1.165) is 6.42 Å². The summed E-state index contributed by atoms with van der Waals surface area (Å²) in [5.74, 6) is -0.878. The van der Waals surface area contributed by atoms with Gasteiger partial charge in [-0.05, 0) is 25.0 Å². The van der Waals surface area contributed by atoms with Crippen LogP contribution in [0.15, 0.2) is 18.3 Å². The van der Waals surface area contributed by atoms with Crippen molar-refractivity contribution in [2.75, 3.05) is 18.8 Å². The number of hydrogen-bond acceptors (Lipinski definition) is 4. The number of nitrogens with two attached hydrogens (primary N) is 1. The maximum atomic E-state index is 12.3. The van der Waals surface area contributed by atoms with E-state index in [1.165, 1.54) is 6.20 Å². The number of anilines is 1. The highest BCUT2D eigenvalue weighted by Gasteiger charge is 2.45. The van der Waals surface area contributed by atoms with Crippen molar-refractivity contribution in [3.63, 3.8) is 0 Å². The molecule has 6 nitrogen and oxygen atoms in total. The molecular weight excluding hydrogens is 270 g/mol. The van der Waals surface area contributed by atoms with Crippen LogP contribution in [-0.2, 0) is 16.0 Å². The highest BCUT2D eigenvalue weighted by molar-refractivity contribution is 5.82. The van der Waals surface area contributed by atoms with Crippen molar-refractivity contribution in [3.8, 4) is 0 Å². The first kappa shape index (κ1) is 15.3. The van der Waals surface area contributed by atoms with E-state index in [4.69, 9.17) is 5.73 Å². The average Bonchev–Trinajstić information content (AvgIpc) is 2.88. The number of aromatic nitrogens is 1. The number of nitrogens with zero attached hydrogens (tertiary/aromatic N) is 2. The molecule has 1 unspecified atom stereocenters. The number of carboxylic acid groups (broad SMARTS) is 1. The number of rotatable bonds is 5. The van der Waals surface area contributed by atoms with Crippen molar-refractivity contribution in [2.45, 2.75) is 32.6 Å². The van der Waals surface area contributed by atoms with Gasteiger partial charge >= 0.3 is 5.97 Å². The van der Waals surface area contributed by atoms with Crippen LogP contribution in [0.25, 0.3) is 0 Å². The predicted molar refractivity (Wildman–Crippen MR) is 78.5 cm³/mol. The second kappa shape index (κ2) is 6.11. The third-order valence-corrected chi connectivity index (χ3v) is 4.07. The molecule has 1 aromatic rings. The molecule has 1 saturated heterocycles. The summed E-state index contributed by atoms with van der Waals surface area (Å²) in [5, 5.41) is 9.45. The van der Waals surface area contributed by atoms with E-state index >= 15 is 0 Å². The second-order valence-corrected chi connectivity index (χ2v) is 5.66. The van der Waals surface area contributed by atoms with Crippen molar-refractivity contribution >= 4 is 17.6 Å². The lowest BCUT2D eigenvalue weighted by Gasteiger charge is -2.24. The summed E-state index contributed by atoms with van der Waals surface area (Å²) in [7, 11) is 0. The monoisotopic (exact) mass is 291 g/mol. The lowest BCUT2D eigenvalue weighted by molar-refractivity contribution is -0.149. The standard InChI is InChI=1S/C15H21N3O3/c1-2-5-15(14(20)21)6-7-18(10-15)13(19)8-12-4-3-11(16)9-17-12/h3-4,9H,2,5-8,10,16H2,1H3,(H,20,21). The summed E-state index contributed by atoms with van der Waals surface area (Å²) >= 11 is 0. The van der Waals surface area contributed by atoms with Crippen molar-refractivity contribution < 1.29 is 14.7 Å². The summed E-state index contributed by atoms with van der Waals surface area (Å²) in [6.07, 6.45) is 3.63. The van der Waals surface area contributed by atoms with Gasteiger partial charge in [-0.3, -0.25) is 14.6 Å². The van der Waals surface area contributed by atoms with Gasteiger partial charge in [0.05, 0.1) is 23.7 Å². The summed E-state index contributed by atoms with van der Waals surface area (Å²) < 4.78 is 0. The van der Waals surface area contributed by atoms with Gasteiger partial charge in [0.2, 0.25) is 5.91 Å². The minimum Gasteiger partial charge on any atom is -0.481 e. The quantitative estimate of drug-likeness (QED) is 0.852. The molecule has 1 amide bonds. The Labute approximate surface area is 124 Å². The third-order valence-electron chi connectivity index (χ3n) is 4.07. The van der Waals surface area contributed by atoms with Gasteiger partial charge in [-0.25, -0.2) is 0 Å². The Morgan fingerprint density at radius 3 is 2.81 bits per heavy atom. The van der Waals surface area contributed by atoms with Crippen LogP contribution in [0, 0.1) is 5.41 Å². The molecule has 0 radical (unpaired) electrons. The number of nitrogen functional groups attached to an aromatic ring is 1. The third kappa shape index (κ3) is 3.32. The van der Waals surface area contributed by atoms with E-state index in [-0.39, 0.29) is 12.3 Å². The average molecular weight is 291 g/mol. The van der Waals surface area contributed by atoms with Gasteiger partial charge in [-0.2, -0.15) is 0 Å². The first-order valence-corrected chi connectivity index (χ1v) is 7.18. The van der Waals surface area contributed by atoms with Gasteiger partial charge < -0.3 is 15.7 Å². The van der Waals surface area contributed by atoms with Crippen molar-refractivity contribution in [3.05, 3.63) is 24.0 Å². The molecule has 114 valence electrons. The number of carboxylic acids is 1. The smallest absolute Gasteiger partial charge is 0.311 e. The van der Waals surface area contributed by atoms with Crippen LogP contribution in [0.3, 0.4) is 0 Å². The molecular formula is C15H21N3O3. The van der Waals surface area contributed by atoms with E-state index in [0.29, 0.717) is 37.3 Å². The Morgan fingerprint density at radius 1 is 1.48 bits per heavy atom. The highest BCUT2D eigenvalue weighted by Crippen LogP contribution is 2.35. The number of hydrogen-bond donors (Lipinski definition) is 2. The maximum absolute atomic E-state index is 12.3. The molecule has 1 aliphatic heterocycles. The zero-order chi connectivity index (χ0) is 15.5. The van der Waals surface area contributed by atoms with E-state index in [1.54, 1.807) is 17.0 Å². The van der Waals surface area contributed by atoms with Gasteiger partial charge in [0.25, 0.3) is 0 Å². The van der Waals surface area contributed by atoms with Gasteiger partial charge in [-0.15, -0.1) is 0 Å². The minimum absolute atomic E-state index is 0.0773. The fraction of sp³-hybridized carbons (Fsp3) is 0.533. The van der Waals surface area contributed by atoms with Gasteiger partial charge in [-0.1, -0.05) is 13.3 Å². The largest absolute Gasteiger partial charge is 0.481 e. The van der Waals surface area contributed by atoms with Crippen molar-refractivity contribution in [1.29, 1.82) is 0 Å². The normalized spacial score (nSPS) is 21.5. The minimum atomic E-state index is -0.801. The second-order valence-electron chi connectivity index (χ2n) is 5.66. The molecule has 1 aliphatic rings. The molecule has 21 heavy (non-hydrogen) atoms. The molecule has 0 saturated carbocycles. The molecule has 1 aromatic heterocycles. The highest BCUT2D eigenvalue weighted by atomic mass is 16.4. The Hall–Kier alpha value is -2.11. The Kier molecular flexibility index (Phi) is 4.45. The number of carbonyl (C=O) groups excluding carboxylic acids is 1. The summed E-state index contributed by atoms with van der Waals surface area (Å²) in [4.78, 5) is 29.5. The van der Waals surface area contributed by atoms with Crippen LogP contribution in [0.4, 0.5) is 5.69 Å². The van der Waals surface area contributed by atoms with E-state index in [2.05, 4.69) is 4.98 Å². The molecule has 2 heterocycles. The predicted octanol–water partition coefficient (Wildman–Crippen LogP) is 1.31.